The number of benzene rings is 9. The van der Waals surface area contributed by atoms with E-state index in [2.05, 4.69) is 198 Å². The number of amidine groups is 2. The summed E-state index contributed by atoms with van der Waals surface area (Å²) in [5.74, 6) is 1.49. The first-order valence-electron chi connectivity index (χ1n) is 18.8. The Hall–Kier alpha value is -7.30. The molecular weight excluding hydrogens is 669 g/mol. The lowest BCUT2D eigenvalue weighted by Crippen LogP contribution is -2.34. The molecule has 9 aromatic carbocycles. The maximum Gasteiger partial charge on any atom is 0.159 e. The number of para-hydroxylation sites is 1. The summed E-state index contributed by atoms with van der Waals surface area (Å²) in [6.07, 6.45) is -0.438. The van der Waals surface area contributed by atoms with Gasteiger partial charge in [0.2, 0.25) is 0 Å². The largest absolute Gasteiger partial charge is 0.344 e. The highest BCUT2D eigenvalue weighted by atomic mass is 15.2. The van der Waals surface area contributed by atoms with Crippen LogP contribution in [0.15, 0.2) is 204 Å². The number of fused-ring (bicyclic) bond motifs is 7. The van der Waals surface area contributed by atoms with E-state index in [1.165, 1.54) is 43.4 Å². The Morgan fingerprint density at radius 3 is 1.78 bits per heavy atom. The van der Waals surface area contributed by atoms with Crippen molar-refractivity contribution < 1.29 is 0 Å². The summed E-state index contributed by atoms with van der Waals surface area (Å²) in [6, 6.07) is 69.3. The van der Waals surface area contributed by atoms with E-state index in [9.17, 15) is 0 Å². The van der Waals surface area contributed by atoms with Crippen molar-refractivity contribution in [1.29, 1.82) is 0 Å². The van der Waals surface area contributed by atoms with Gasteiger partial charge in [0.1, 0.15) is 12.0 Å². The Morgan fingerprint density at radius 2 is 1.02 bits per heavy atom. The molecule has 258 valence electrons. The molecule has 0 radical (unpaired) electrons. The molecule has 0 bridgehead atoms. The van der Waals surface area contributed by atoms with Gasteiger partial charge >= 0.3 is 0 Å². The molecule has 0 aliphatic carbocycles. The molecule has 0 saturated carbocycles. The van der Waals surface area contributed by atoms with Gasteiger partial charge in [0.25, 0.3) is 0 Å². The molecule has 1 aromatic heterocycles. The van der Waals surface area contributed by atoms with Gasteiger partial charge in [-0.15, -0.1) is 0 Å². The number of nitrogens with one attached hydrogen (secondary N) is 1. The van der Waals surface area contributed by atoms with Gasteiger partial charge in [-0.1, -0.05) is 170 Å². The maximum atomic E-state index is 5.44. The molecule has 4 nitrogen and oxygen atoms in total. The van der Waals surface area contributed by atoms with Crippen LogP contribution in [0.1, 0.15) is 22.9 Å². The van der Waals surface area contributed by atoms with E-state index in [0.29, 0.717) is 5.84 Å². The van der Waals surface area contributed by atoms with E-state index in [4.69, 9.17) is 9.98 Å². The summed E-state index contributed by atoms with van der Waals surface area (Å²) in [4.78, 5) is 10.7. The highest BCUT2D eigenvalue weighted by Gasteiger charge is 2.27. The lowest BCUT2D eigenvalue weighted by atomic mass is 9.94. The second kappa shape index (κ2) is 12.7. The SMILES string of the molecule is c1ccc(C2=NC(c3cc4ccccc4cc3-n3c4ccccc4c4c5ccccc5ccc43)NC(c3ccc(-c4ccccc4)c4ccccc34)=N2)cc1. The average Bonchev–Trinajstić information content (AvgIpc) is 3.61. The lowest BCUT2D eigenvalue weighted by molar-refractivity contribution is 0.672. The van der Waals surface area contributed by atoms with Gasteiger partial charge in [0.05, 0.1) is 16.7 Å². The molecule has 0 fully saturated rings. The molecule has 1 aliphatic rings. The van der Waals surface area contributed by atoms with E-state index in [1.807, 2.05) is 6.07 Å². The Bertz CT molecular complexity index is 3170. The quantitative estimate of drug-likeness (QED) is 0.191. The van der Waals surface area contributed by atoms with Gasteiger partial charge in [0.15, 0.2) is 5.84 Å². The van der Waals surface area contributed by atoms with Crippen molar-refractivity contribution >= 4 is 65.8 Å². The fourth-order valence-electron chi connectivity index (χ4n) is 8.50. The average molecular weight is 703 g/mol. The van der Waals surface area contributed by atoms with Crippen molar-refractivity contribution in [3.8, 4) is 16.8 Å². The summed E-state index contributed by atoms with van der Waals surface area (Å²) >= 11 is 0. The third kappa shape index (κ3) is 5.14. The molecule has 4 heteroatoms. The van der Waals surface area contributed by atoms with Crippen LogP contribution in [0.2, 0.25) is 0 Å². The van der Waals surface area contributed by atoms with Gasteiger partial charge in [-0.05, 0) is 67.7 Å². The van der Waals surface area contributed by atoms with E-state index in [-0.39, 0.29) is 0 Å². The molecule has 10 aromatic rings. The van der Waals surface area contributed by atoms with E-state index in [0.717, 1.165) is 50.0 Å². The second-order valence-electron chi connectivity index (χ2n) is 14.2. The van der Waals surface area contributed by atoms with Crippen molar-refractivity contribution in [2.45, 2.75) is 6.17 Å². The number of aromatic nitrogens is 1. The molecule has 1 atom stereocenters. The first-order valence-corrected chi connectivity index (χ1v) is 18.8. The van der Waals surface area contributed by atoms with Crippen molar-refractivity contribution in [3.63, 3.8) is 0 Å². The first-order chi connectivity index (χ1) is 27.3. The third-order valence-corrected chi connectivity index (χ3v) is 11.0. The van der Waals surface area contributed by atoms with Crippen LogP contribution in [0, 0.1) is 0 Å². The smallest absolute Gasteiger partial charge is 0.159 e. The van der Waals surface area contributed by atoms with Crippen LogP contribution in [0.5, 0.6) is 0 Å². The number of hydrogen-bond donors (Lipinski definition) is 1. The molecule has 0 amide bonds. The molecule has 1 aliphatic heterocycles. The van der Waals surface area contributed by atoms with Gasteiger partial charge in [-0.25, -0.2) is 9.98 Å². The lowest BCUT2D eigenvalue weighted by Gasteiger charge is -2.27. The molecule has 0 saturated heterocycles. The minimum absolute atomic E-state index is 0.438. The molecule has 2 heterocycles. The minimum atomic E-state index is -0.438. The van der Waals surface area contributed by atoms with Crippen LogP contribution in [0.3, 0.4) is 0 Å². The monoisotopic (exact) mass is 702 g/mol. The van der Waals surface area contributed by atoms with Crippen molar-refractivity contribution in [2.24, 2.45) is 9.98 Å². The van der Waals surface area contributed by atoms with Gasteiger partial charge in [0, 0.05) is 27.5 Å². The topological polar surface area (TPSA) is 41.7 Å². The van der Waals surface area contributed by atoms with Crippen molar-refractivity contribution in [2.75, 3.05) is 0 Å². The molecule has 11 rings (SSSR count). The highest BCUT2D eigenvalue weighted by Crippen LogP contribution is 2.40. The number of nitrogens with zero attached hydrogens (tertiary/aromatic N) is 3. The van der Waals surface area contributed by atoms with Crippen LogP contribution in [-0.2, 0) is 0 Å². The fraction of sp³-hybridized carbons (Fsp3) is 0.0196. The highest BCUT2D eigenvalue weighted by molar-refractivity contribution is 6.22. The van der Waals surface area contributed by atoms with Gasteiger partial charge in [-0.3, -0.25) is 0 Å². The number of aliphatic imine (C=N–C) groups is 2. The maximum absolute atomic E-state index is 5.44. The Balaban J connectivity index is 1.16. The van der Waals surface area contributed by atoms with E-state index in [1.54, 1.807) is 0 Å². The number of hydrogen-bond acceptors (Lipinski definition) is 3. The molecular formula is C51H34N4. The summed E-state index contributed by atoms with van der Waals surface area (Å²) in [6.45, 7) is 0. The first kappa shape index (κ1) is 31.2. The van der Waals surface area contributed by atoms with Crippen molar-refractivity contribution in [1.82, 2.24) is 9.88 Å². The Kier molecular flexibility index (Phi) is 7.20. The van der Waals surface area contributed by atoms with Crippen LogP contribution in [0.4, 0.5) is 0 Å². The molecule has 0 spiro atoms. The van der Waals surface area contributed by atoms with Crippen LogP contribution in [-0.4, -0.2) is 16.2 Å². The second-order valence-corrected chi connectivity index (χ2v) is 14.2. The van der Waals surface area contributed by atoms with E-state index < -0.39 is 6.17 Å². The molecule has 55 heavy (non-hydrogen) atoms. The molecule has 1 unspecified atom stereocenters. The van der Waals surface area contributed by atoms with Gasteiger partial charge < -0.3 is 9.88 Å². The summed E-state index contributed by atoms with van der Waals surface area (Å²) in [5.41, 5.74) is 8.87. The van der Waals surface area contributed by atoms with Crippen LogP contribution >= 0.6 is 0 Å². The molecule has 1 N–H and O–H groups in total. The Morgan fingerprint density at radius 1 is 0.436 bits per heavy atom. The van der Waals surface area contributed by atoms with Gasteiger partial charge in [-0.2, -0.15) is 0 Å². The van der Waals surface area contributed by atoms with Crippen molar-refractivity contribution in [3.05, 3.63) is 211 Å². The predicted octanol–water partition coefficient (Wildman–Crippen LogP) is 12.4. The summed E-state index contributed by atoms with van der Waals surface area (Å²) in [5, 5.41) is 13.5. The zero-order valence-corrected chi connectivity index (χ0v) is 29.9. The normalized spacial score (nSPS) is 14.4. The fourth-order valence-corrected chi connectivity index (χ4v) is 8.50. The number of rotatable bonds is 5. The van der Waals surface area contributed by atoms with Crippen LogP contribution in [0.25, 0.3) is 70.9 Å². The zero-order chi connectivity index (χ0) is 36.3. The summed E-state index contributed by atoms with van der Waals surface area (Å²) in [7, 11) is 0. The standard InChI is InChI=1S/C51H34N4/c1-3-15-33(16-4-1)38-28-29-42(41-24-12-11-23-40(38)41)50-52-49(35-18-5-2-6-19-35)53-51(54-50)44-31-36-20-7-8-21-37(36)32-47(44)55-45-26-14-13-25-43(45)48-39-22-10-9-17-34(39)27-30-46(48)55/h1-32,51H,(H,52,53,54). The minimum Gasteiger partial charge on any atom is -0.344 e. The third-order valence-electron chi connectivity index (χ3n) is 11.0. The summed E-state index contributed by atoms with van der Waals surface area (Å²) < 4.78 is 2.44. The Labute approximate surface area is 318 Å². The van der Waals surface area contributed by atoms with E-state index >= 15 is 0 Å². The zero-order valence-electron chi connectivity index (χ0n) is 29.9. The predicted molar refractivity (Wildman–Crippen MR) is 231 cm³/mol. The van der Waals surface area contributed by atoms with Crippen LogP contribution < -0.4 is 5.32 Å².